The van der Waals surface area contributed by atoms with E-state index in [9.17, 15) is 0 Å². The average molecular weight is 148 g/mol. The zero-order chi connectivity index (χ0) is 8.27. The van der Waals surface area contributed by atoms with Crippen molar-refractivity contribution in [1.82, 2.24) is 5.01 Å². The zero-order valence-corrected chi connectivity index (χ0v) is 6.62. The molecule has 2 N–H and O–H groups in total. The van der Waals surface area contributed by atoms with Crippen LogP contribution >= 0.6 is 0 Å². The second-order valence-electron chi connectivity index (χ2n) is 2.38. The Balaban J connectivity index is 2.97. The SMILES string of the molecule is C=C/C(C)=C1/C=CC=CN1N. The highest BCUT2D eigenvalue weighted by molar-refractivity contribution is 5.34. The molecular weight excluding hydrogens is 136 g/mol. The van der Waals surface area contributed by atoms with Crippen LogP contribution in [0.1, 0.15) is 6.92 Å². The summed E-state index contributed by atoms with van der Waals surface area (Å²) in [6, 6.07) is 0. The van der Waals surface area contributed by atoms with E-state index in [1.807, 2.05) is 31.4 Å². The highest BCUT2D eigenvalue weighted by atomic mass is 15.4. The number of hydrogen-bond donors (Lipinski definition) is 1. The highest BCUT2D eigenvalue weighted by Crippen LogP contribution is 2.12. The van der Waals surface area contributed by atoms with Crippen molar-refractivity contribution in [3.05, 3.63) is 48.4 Å². The fraction of sp³-hybridized carbons (Fsp3) is 0.111. The molecule has 0 saturated heterocycles. The molecular formula is C9H12N2. The van der Waals surface area contributed by atoms with Gasteiger partial charge in [0.2, 0.25) is 0 Å². The molecule has 0 aliphatic carbocycles. The molecule has 0 unspecified atom stereocenters. The largest absolute Gasteiger partial charge is 0.287 e. The summed E-state index contributed by atoms with van der Waals surface area (Å²) in [6.45, 7) is 5.65. The van der Waals surface area contributed by atoms with Crippen molar-refractivity contribution in [2.45, 2.75) is 6.92 Å². The van der Waals surface area contributed by atoms with E-state index in [1.165, 1.54) is 0 Å². The van der Waals surface area contributed by atoms with Crippen molar-refractivity contribution in [2.75, 3.05) is 0 Å². The predicted octanol–water partition coefficient (Wildman–Crippen LogP) is 1.71. The molecule has 11 heavy (non-hydrogen) atoms. The lowest BCUT2D eigenvalue weighted by molar-refractivity contribution is 0.500. The molecule has 1 aliphatic heterocycles. The third kappa shape index (κ3) is 1.59. The van der Waals surface area contributed by atoms with Gasteiger partial charge in [0.25, 0.3) is 0 Å². The van der Waals surface area contributed by atoms with Crippen molar-refractivity contribution >= 4 is 0 Å². The minimum atomic E-state index is 0.988. The molecule has 0 aromatic rings. The Morgan fingerprint density at radius 1 is 1.64 bits per heavy atom. The Bertz CT molecular complexity index is 246. The minimum absolute atomic E-state index is 0.988. The lowest BCUT2D eigenvalue weighted by atomic mass is 10.2. The van der Waals surface area contributed by atoms with E-state index in [0.717, 1.165) is 11.3 Å². The van der Waals surface area contributed by atoms with Crippen LogP contribution in [0.4, 0.5) is 0 Å². The maximum atomic E-state index is 5.65. The Morgan fingerprint density at radius 2 is 2.36 bits per heavy atom. The van der Waals surface area contributed by atoms with Crippen LogP contribution in [-0.2, 0) is 0 Å². The molecule has 0 aromatic carbocycles. The van der Waals surface area contributed by atoms with Gasteiger partial charge in [-0.3, -0.25) is 5.01 Å². The quantitative estimate of drug-likeness (QED) is 0.573. The first-order valence-corrected chi connectivity index (χ1v) is 3.48. The molecule has 1 rings (SSSR count). The van der Waals surface area contributed by atoms with Crippen molar-refractivity contribution in [3.8, 4) is 0 Å². The fourth-order valence-corrected chi connectivity index (χ4v) is 0.895. The maximum absolute atomic E-state index is 5.65. The van der Waals surface area contributed by atoms with Crippen molar-refractivity contribution in [2.24, 2.45) is 5.84 Å². The number of hydrazine groups is 1. The van der Waals surface area contributed by atoms with Gasteiger partial charge in [-0.1, -0.05) is 18.7 Å². The van der Waals surface area contributed by atoms with Gasteiger partial charge < -0.3 is 0 Å². The molecule has 58 valence electrons. The number of allylic oxidation sites excluding steroid dienone is 5. The normalized spacial score (nSPS) is 20.4. The monoisotopic (exact) mass is 148 g/mol. The number of hydrogen-bond acceptors (Lipinski definition) is 2. The second-order valence-corrected chi connectivity index (χ2v) is 2.38. The molecule has 2 nitrogen and oxygen atoms in total. The Kier molecular flexibility index (Phi) is 2.28. The van der Waals surface area contributed by atoms with Gasteiger partial charge >= 0.3 is 0 Å². The lowest BCUT2D eigenvalue weighted by Gasteiger charge is -2.18. The van der Waals surface area contributed by atoms with Gasteiger partial charge in [0, 0.05) is 6.20 Å². The van der Waals surface area contributed by atoms with Gasteiger partial charge in [0.1, 0.15) is 0 Å². The summed E-state index contributed by atoms with van der Waals surface area (Å²) in [5.74, 6) is 5.65. The fourth-order valence-electron chi connectivity index (χ4n) is 0.895. The van der Waals surface area contributed by atoms with Crippen LogP contribution in [0.5, 0.6) is 0 Å². The molecule has 0 aromatic heterocycles. The Morgan fingerprint density at radius 3 is 2.91 bits per heavy atom. The van der Waals surface area contributed by atoms with E-state index in [1.54, 1.807) is 11.1 Å². The lowest BCUT2D eigenvalue weighted by Crippen LogP contribution is -2.25. The van der Waals surface area contributed by atoms with Crippen LogP contribution in [0.3, 0.4) is 0 Å². The average Bonchev–Trinajstić information content (AvgIpc) is 2.04. The summed E-state index contributed by atoms with van der Waals surface area (Å²) in [6.07, 6.45) is 9.39. The standard InChI is InChI=1S/C9H12N2/c1-3-8(2)9-6-4-5-7-11(9)10/h3-7H,1,10H2,2H3/b9-8-. The molecule has 1 aliphatic rings. The molecule has 0 saturated carbocycles. The van der Waals surface area contributed by atoms with Gasteiger partial charge in [-0.2, -0.15) is 0 Å². The van der Waals surface area contributed by atoms with Gasteiger partial charge in [-0.05, 0) is 24.6 Å². The summed E-state index contributed by atoms with van der Waals surface area (Å²) in [4.78, 5) is 0. The zero-order valence-electron chi connectivity index (χ0n) is 6.62. The van der Waals surface area contributed by atoms with Gasteiger partial charge in [0.05, 0.1) is 5.70 Å². The minimum Gasteiger partial charge on any atom is -0.287 e. The third-order valence-electron chi connectivity index (χ3n) is 1.60. The molecule has 1 heterocycles. The maximum Gasteiger partial charge on any atom is 0.0597 e. The van der Waals surface area contributed by atoms with Crippen LogP contribution in [0.2, 0.25) is 0 Å². The smallest absolute Gasteiger partial charge is 0.0597 e. The van der Waals surface area contributed by atoms with E-state index in [4.69, 9.17) is 5.84 Å². The molecule has 2 heteroatoms. The van der Waals surface area contributed by atoms with Crippen LogP contribution in [0.15, 0.2) is 48.4 Å². The van der Waals surface area contributed by atoms with Gasteiger partial charge in [-0.15, -0.1) is 0 Å². The molecule has 0 radical (unpaired) electrons. The van der Waals surface area contributed by atoms with Crippen LogP contribution in [0.25, 0.3) is 0 Å². The van der Waals surface area contributed by atoms with Crippen molar-refractivity contribution < 1.29 is 0 Å². The van der Waals surface area contributed by atoms with Crippen molar-refractivity contribution in [3.63, 3.8) is 0 Å². The van der Waals surface area contributed by atoms with E-state index in [2.05, 4.69) is 6.58 Å². The first-order valence-electron chi connectivity index (χ1n) is 3.48. The molecule has 0 spiro atoms. The number of nitrogens with two attached hydrogens (primary N) is 1. The number of nitrogens with zero attached hydrogens (tertiary/aromatic N) is 1. The Hall–Kier alpha value is -1.28. The van der Waals surface area contributed by atoms with Crippen LogP contribution in [0, 0.1) is 0 Å². The third-order valence-corrected chi connectivity index (χ3v) is 1.60. The van der Waals surface area contributed by atoms with E-state index < -0.39 is 0 Å². The van der Waals surface area contributed by atoms with Gasteiger partial charge in [-0.25, -0.2) is 5.84 Å². The van der Waals surface area contributed by atoms with Crippen LogP contribution < -0.4 is 5.84 Å². The number of rotatable bonds is 1. The van der Waals surface area contributed by atoms with E-state index in [-0.39, 0.29) is 0 Å². The molecule has 0 atom stereocenters. The Labute approximate surface area is 67.0 Å². The molecule has 0 bridgehead atoms. The highest BCUT2D eigenvalue weighted by Gasteiger charge is 2.02. The summed E-state index contributed by atoms with van der Waals surface area (Å²) in [5.41, 5.74) is 2.07. The second kappa shape index (κ2) is 3.21. The predicted molar refractivity (Wildman–Crippen MR) is 47.2 cm³/mol. The molecule has 0 amide bonds. The van der Waals surface area contributed by atoms with Gasteiger partial charge in [0.15, 0.2) is 0 Å². The van der Waals surface area contributed by atoms with E-state index >= 15 is 0 Å². The summed E-state index contributed by atoms with van der Waals surface area (Å²) >= 11 is 0. The van der Waals surface area contributed by atoms with E-state index in [0.29, 0.717) is 0 Å². The van der Waals surface area contributed by atoms with Crippen LogP contribution in [-0.4, -0.2) is 5.01 Å². The summed E-state index contributed by atoms with van der Waals surface area (Å²) < 4.78 is 0. The summed E-state index contributed by atoms with van der Waals surface area (Å²) in [7, 11) is 0. The van der Waals surface area contributed by atoms with Crippen molar-refractivity contribution in [1.29, 1.82) is 0 Å². The summed E-state index contributed by atoms with van der Waals surface area (Å²) in [5, 5.41) is 1.58. The first-order chi connectivity index (χ1) is 5.25. The molecule has 0 fully saturated rings. The topological polar surface area (TPSA) is 29.3 Å². The first kappa shape index (κ1) is 7.82.